The van der Waals surface area contributed by atoms with Crippen molar-refractivity contribution in [2.75, 3.05) is 11.4 Å². The van der Waals surface area contributed by atoms with Crippen LogP contribution >= 0.6 is 11.3 Å². The van der Waals surface area contributed by atoms with Crippen molar-refractivity contribution in [1.82, 2.24) is 5.32 Å². The van der Waals surface area contributed by atoms with E-state index in [1.165, 1.54) is 29.5 Å². The molecule has 154 valence electrons. The van der Waals surface area contributed by atoms with Crippen molar-refractivity contribution in [2.24, 2.45) is 5.92 Å². The van der Waals surface area contributed by atoms with Crippen LogP contribution in [-0.4, -0.2) is 18.4 Å². The van der Waals surface area contributed by atoms with Gasteiger partial charge in [-0.3, -0.25) is 9.59 Å². The molecule has 4 nitrogen and oxygen atoms in total. The molecule has 3 aromatic rings. The predicted molar refractivity (Wildman–Crippen MR) is 108 cm³/mol. The van der Waals surface area contributed by atoms with E-state index in [-0.39, 0.29) is 30.4 Å². The second-order valence-corrected chi connectivity index (χ2v) is 7.99. The molecule has 30 heavy (non-hydrogen) atoms. The van der Waals surface area contributed by atoms with Gasteiger partial charge in [-0.1, -0.05) is 18.2 Å². The summed E-state index contributed by atoms with van der Waals surface area (Å²) >= 11 is 1.44. The molecule has 2 aromatic carbocycles. The SMILES string of the molecule is O=C(NC(c1ccc(F)cc1)c1cccs1)C1CC(=O)N(c2ccc(F)cc2F)C1. The smallest absolute Gasteiger partial charge is 0.227 e. The van der Waals surface area contributed by atoms with Crippen molar-refractivity contribution in [2.45, 2.75) is 12.5 Å². The Morgan fingerprint density at radius 2 is 1.80 bits per heavy atom. The lowest BCUT2D eigenvalue weighted by Crippen LogP contribution is -2.36. The number of nitrogens with one attached hydrogen (secondary N) is 1. The van der Waals surface area contributed by atoms with E-state index in [9.17, 15) is 22.8 Å². The summed E-state index contributed by atoms with van der Waals surface area (Å²) in [5.74, 6) is -3.44. The van der Waals surface area contributed by atoms with Gasteiger partial charge in [0, 0.05) is 23.9 Å². The summed E-state index contributed by atoms with van der Waals surface area (Å²) in [6, 6.07) is 12.0. The van der Waals surface area contributed by atoms with Crippen molar-refractivity contribution in [3.05, 3.63) is 87.9 Å². The molecule has 2 unspecified atom stereocenters. The van der Waals surface area contributed by atoms with E-state index in [1.807, 2.05) is 17.5 Å². The first-order valence-corrected chi connectivity index (χ1v) is 10.1. The average molecular weight is 430 g/mol. The van der Waals surface area contributed by atoms with Crippen LogP contribution in [0.25, 0.3) is 0 Å². The van der Waals surface area contributed by atoms with Crippen LogP contribution in [0.15, 0.2) is 60.0 Å². The molecule has 1 saturated heterocycles. The summed E-state index contributed by atoms with van der Waals surface area (Å²) in [7, 11) is 0. The van der Waals surface area contributed by atoms with Crippen LogP contribution in [0.2, 0.25) is 0 Å². The van der Waals surface area contributed by atoms with Gasteiger partial charge < -0.3 is 10.2 Å². The number of rotatable bonds is 5. The highest BCUT2D eigenvalue weighted by atomic mass is 32.1. The molecule has 0 saturated carbocycles. The monoisotopic (exact) mass is 430 g/mol. The van der Waals surface area contributed by atoms with Gasteiger partial charge in [0.05, 0.1) is 17.6 Å². The van der Waals surface area contributed by atoms with Crippen LogP contribution < -0.4 is 10.2 Å². The maximum absolute atomic E-state index is 14.1. The molecular weight excluding hydrogens is 413 g/mol. The summed E-state index contributed by atoms with van der Waals surface area (Å²) in [5.41, 5.74) is 0.656. The van der Waals surface area contributed by atoms with Crippen LogP contribution in [0.3, 0.4) is 0 Å². The van der Waals surface area contributed by atoms with Gasteiger partial charge >= 0.3 is 0 Å². The number of carbonyl (C=O) groups is 2. The maximum Gasteiger partial charge on any atom is 0.227 e. The van der Waals surface area contributed by atoms with Gasteiger partial charge in [0.25, 0.3) is 0 Å². The van der Waals surface area contributed by atoms with Crippen LogP contribution in [0.5, 0.6) is 0 Å². The van der Waals surface area contributed by atoms with E-state index in [0.29, 0.717) is 11.6 Å². The Kier molecular flexibility index (Phi) is 5.59. The third-order valence-corrected chi connectivity index (χ3v) is 5.95. The van der Waals surface area contributed by atoms with E-state index < -0.39 is 29.5 Å². The minimum Gasteiger partial charge on any atom is -0.344 e. The lowest BCUT2D eigenvalue weighted by atomic mass is 10.0. The Balaban J connectivity index is 1.53. The first-order chi connectivity index (χ1) is 14.4. The molecule has 0 spiro atoms. The number of carbonyl (C=O) groups excluding carboxylic acids is 2. The zero-order valence-corrected chi connectivity index (χ0v) is 16.5. The fourth-order valence-corrected chi connectivity index (χ4v) is 4.31. The van der Waals surface area contributed by atoms with Crippen molar-refractivity contribution in [1.29, 1.82) is 0 Å². The summed E-state index contributed by atoms with van der Waals surface area (Å²) in [5, 5.41) is 4.80. The molecule has 2 amide bonds. The zero-order chi connectivity index (χ0) is 21.3. The fourth-order valence-electron chi connectivity index (χ4n) is 3.51. The second kappa shape index (κ2) is 8.31. The summed E-state index contributed by atoms with van der Waals surface area (Å²) in [6.07, 6.45) is -0.0801. The Hall–Kier alpha value is -3.13. The number of nitrogens with zero attached hydrogens (tertiary/aromatic N) is 1. The van der Waals surface area contributed by atoms with E-state index in [4.69, 9.17) is 0 Å². The van der Waals surface area contributed by atoms with Gasteiger partial charge in [-0.05, 0) is 41.3 Å². The molecule has 1 N–H and O–H groups in total. The van der Waals surface area contributed by atoms with Crippen LogP contribution in [-0.2, 0) is 9.59 Å². The number of benzene rings is 2. The Morgan fingerprint density at radius 1 is 1.07 bits per heavy atom. The number of thiophene rings is 1. The van der Waals surface area contributed by atoms with Gasteiger partial charge in [-0.2, -0.15) is 0 Å². The second-order valence-electron chi connectivity index (χ2n) is 7.01. The fraction of sp³-hybridized carbons (Fsp3) is 0.182. The standard InChI is InChI=1S/C22H17F3N2O2S/c23-15-5-3-13(4-6-15)21(19-2-1-9-30-19)26-22(29)14-10-20(28)27(12-14)18-8-7-16(24)11-17(18)25/h1-9,11,14,21H,10,12H2,(H,26,29). The van der Waals surface area contributed by atoms with Gasteiger partial charge in [0.2, 0.25) is 11.8 Å². The molecule has 1 aromatic heterocycles. The summed E-state index contributed by atoms with van der Waals surface area (Å²) in [4.78, 5) is 27.4. The number of amides is 2. The Bertz CT molecular complexity index is 1070. The molecule has 0 bridgehead atoms. The Labute approximate surface area is 174 Å². The van der Waals surface area contributed by atoms with E-state index >= 15 is 0 Å². The zero-order valence-electron chi connectivity index (χ0n) is 15.6. The Morgan fingerprint density at radius 3 is 2.47 bits per heavy atom. The predicted octanol–water partition coefficient (Wildman–Crippen LogP) is 4.42. The van der Waals surface area contributed by atoms with Crippen molar-refractivity contribution in [3.63, 3.8) is 0 Å². The number of anilines is 1. The summed E-state index contributed by atoms with van der Waals surface area (Å²) < 4.78 is 40.6. The molecule has 2 heterocycles. The quantitative estimate of drug-likeness (QED) is 0.651. The van der Waals surface area contributed by atoms with Crippen molar-refractivity contribution < 1.29 is 22.8 Å². The minimum atomic E-state index is -0.854. The van der Waals surface area contributed by atoms with E-state index in [0.717, 1.165) is 15.8 Å². The third-order valence-electron chi connectivity index (χ3n) is 5.01. The van der Waals surface area contributed by atoms with Crippen LogP contribution in [0.4, 0.5) is 18.9 Å². The molecule has 4 rings (SSSR count). The first-order valence-electron chi connectivity index (χ1n) is 9.27. The molecule has 1 fully saturated rings. The normalized spacial score (nSPS) is 17.2. The lowest BCUT2D eigenvalue weighted by Gasteiger charge is -2.21. The molecule has 1 aliphatic heterocycles. The first kappa shape index (κ1) is 20.2. The highest BCUT2D eigenvalue weighted by Gasteiger charge is 2.37. The maximum atomic E-state index is 14.1. The lowest BCUT2D eigenvalue weighted by molar-refractivity contribution is -0.126. The molecule has 0 aliphatic carbocycles. The van der Waals surface area contributed by atoms with E-state index in [1.54, 1.807) is 12.1 Å². The highest BCUT2D eigenvalue weighted by molar-refractivity contribution is 7.10. The van der Waals surface area contributed by atoms with E-state index in [2.05, 4.69) is 5.32 Å². The molecule has 8 heteroatoms. The largest absolute Gasteiger partial charge is 0.344 e. The topological polar surface area (TPSA) is 49.4 Å². The van der Waals surface area contributed by atoms with Crippen LogP contribution in [0, 0.1) is 23.4 Å². The molecule has 0 radical (unpaired) electrons. The molecular formula is C22H17F3N2O2S. The number of hydrogen-bond donors (Lipinski definition) is 1. The van der Waals surface area contributed by atoms with Crippen molar-refractivity contribution >= 4 is 28.8 Å². The van der Waals surface area contributed by atoms with Gasteiger partial charge in [0.1, 0.15) is 17.5 Å². The average Bonchev–Trinajstić information content (AvgIpc) is 3.37. The van der Waals surface area contributed by atoms with Crippen molar-refractivity contribution in [3.8, 4) is 0 Å². The summed E-state index contributed by atoms with van der Waals surface area (Å²) in [6.45, 7) is -0.00615. The van der Waals surface area contributed by atoms with Gasteiger partial charge in [-0.15, -0.1) is 11.3 Å². The minimum absolute atomic E-state index is 0.00615. The number of hydrogen-bond acceptors (Lipinski definition) is 3. The van der Waals surface area contributed by atoms with Gasteiger partial charge in [-0.25, -0.2) is 13.2 Å². The number of halogens is 3. The highest BCUT2D eigenvalue weighted by Crippen LogP contribution is 2.30. The molecule has 2 atom stereocenters. The molecule has 1 aliphatic rings. The third kappa shape index (κ3) is 4.09. The van der Waals surface area contributed by atoms with Crippen LogP contribution in [0.1, 0.15) is 22.9 Å². The van der Waals surface area contributed by atoms with Gasteiger partial charge in [0.15, 0.2) is 0 Å².